The first-order chi connectivity index (χ1) is 8.97. The van der Waals surface area contributed by atoms with Gasteiger partial charge in [-0.2, -0.15) is 0 Å². The molecule has 0 radical (unpaired) electrons. The van der Waals surface area contributed by atoms with Crippen molar-refractivity contribution in [2.75, 3.05) is 5.32 Å². The number of aryl methyl sites for hydroxylation is 2. The van der Waals surface area contributed by atoms with Gasteiger partial charge in [0.05, 0.1) is 5.56 Å². The lowest BCUT2D eigenvalue weighted by molar-refractivity contribution is 0.102. The molecule has 1 N–H and O–H groups in total. The summed E-state index contributed by atoms with van der Waals surface area (Å²) in [4.78, 5) is 12.3. The van der Waals surface area contributed by atoms with Crippen LogP contribution in [0, 0.1) is 13.8 Å². The maximum absolute atomic E-state index is 12.3. The number of anilines is 1. The van der Waals surface area contributed by atoms with Crippen LogP contribution in [0.3, 0.4) is 0 Å². The summed E-state index contributed by atoms with van der Waals surface area (Å²) in [6.07, 6.45) is 0. The third kappa shape index (κ3) is 3.45. The summed E-state index contributed by atoms with van der Waals surface area (Å²) < 4.78 is 1.74. The van der Waals surface area contributed by atoms with E-state index < -0.39 is 0 Å². The van der Waals surface area contributed by atoms with Crippen molar-refractivity contribution in [3.05, 3.63) is 62.0 Å². The third-order valence-corrected chi connectivity index (χ3v) is 3.97. The topological polar surface area (TPSA) is 29.1 Å². The molecule has 2 aromatic carbocycles. The van der Waals surface area contributed by atoms with Gasteiger partial charge in [-0.15, -0.1) is 0 Å². The van der Waals surface area contributed by atoms with Gasteiger partial charge < -0.3 is 5.32 Å². The minimum atomic E-state index is -0.118. The van der Waals surface area contributed by atoms with Crippen molar-refractivity contribution < 1.29 is 4.79 Å². The monoisotopic (exact) mass is 381 g/mol. The van der Waals surface area contributed by atoms with Gasteiger partial charge in [0.15, 0.2) is 0 Å². The van der Waals surface area contributed by atoms with Crippen LogP contribution in [0.5, 0.6) is 0 Å². The molecule has 98 valence electrons. The molecule has 19 heavy (non-hydrogen) atoms. The van der Waals surface area contributed by atoms with E-state index in [2.05, 4.69) is 37.2 Å². The van der Waals surface area contributed by atoms with Crippen molar-refractivity contribution in [1.29, 1.82) is 0 Å². The van der Waals surface area contributed by atoms with Gasteiger partial charge in [0.2, 0.25) is 0 Å². The highest BCUT2D eigenvalue weighted by Gasteiger charge is 2.11. The van der Waals surface area contributed by atoms with E-state index in [9.17, 15) is 4.79 Å². The van der Waals surface area contributed by atoms with Gasteiger partial charge in [-0.3, -0.25) is 4.79 Å². The minimum Gasteiger partial charge on any atom is -0.322 e. The van der Waals surface area contributed by atoms with Crippen molar-refractivity contribution >= 4 is 43.5 Å². The molecule has 0 aliphatic heterocycles. The Morgan fingerprint density at radius 2 is 1.79 bits per heavy atom. The predicted octanol–water partition coefficient (Wildman–Crippen LogP) is 5.08. The Balaban J connectivity index is 2.28. The SMILES string of the molecule is Cc1ccc(C(=O)Nc2cc(Br)ccc2C)c(Br)c1. The molecule has 0 aromatic heterocycles. The van der Waals surface area contributed by atoms with Gasteiger partial charge >= 0.3 is 0 Å². The zero-order valence-electron chi connectivity index (χ0n) is 10.6. The van der Waals surface area contributed by atoms with Crippen LogP contribution in [0.2, 0.25) is 0 Å². The lowest BCUT2D eigenvalue weighted by atomic mass is 10.1. The zero-order valence-corrected chi connectivity index (χ0v) is 13.8. The summed E-state index contributed by atoms with van der Waals surface area (Å²) in [7, 11) is 0. The van der Waals surface area contributed by atoms with E-state index in [0.717, 1.165) is 25.8 Å². The summed E-state index contributed by atoms with van der Waals surface area (Å²) in [6.45, 7) is 3.96. The number of nitrogens with one attached hydrogen (secondary N) is 1. The van der Waals surface area contributed by atoms with Crippen molar-refractivity contribution in [3.63, 3.8) is 0 Å². The zero-order chi connectivity index (χ0) is 14.0. The van der Waals surface area contributed by atoms with Crippen LogP contribution in [0.25, 0.3) is 0 Å². The number of amides is 1. The number of halogens is 2. The summed E-state index contributed by atoms with van der Waals surface area (Å²) in [5, 5.41) is 2.93. The summed E-state index contributed by atoms with van der Waals surface area (Å²) >= 11 is 6.83. The van der Waals surface area contributed by atoms with E-state index in [1.54, 1.807) is 0 Å². The first-order valence-electron chi connectivity index (χ1n) is 5.81. The molecule has 2 rings (SSSR count). The number of benzene rings is 2. The Kier molecular flexibility index (Phi) is 4.42. The van der Waals surface area contributed by atoms with Crippen LogP contribution >= 0.6 is 31.9 Å². The Hall–Kier alpha value is -1.13. The first kappa shape index (κ1) is 14.3. The molecule has 0 saturated carbocycles. The molecule has 0 atom stereocenters. The fourth-order valence-corrected chi connectivity index (χ4v) is 2.76. The molecule has 4 heteroatoms. The highest BCUT2D eigenvalue weighted by molar-refractivity contribution is 9.10. The molecule has 0 aliphatic rings. The fraction of sp³-hybridized carbons (Fsp3) is 0.133. The van der Waals surface area contributed by atoms with Gasteiger partial charge in [-0.05, 0) is 65.2 Å². The van der Waals surface area contributed by atoms with Crippen LogP contribution in [-0.4, -0.2) is 5.91 Å². The van der Waals surface area contributed by atoms with Crippen molar-refractivity contribution in [2.45, 2.75) is 13.8 Å². The molecule has 0 bridgehead atoms. The molecule has 0 saturated heterocycles. The molecule has 2 nitrogen and oxygen atoms in total. The van der Waals surface area contributed by atoms with Gasteiger partial charge in [0, 0.05) is 14.6 Å². The lowest BCUT2D eigenvalue weighted by Gasteiger charge is -2.10. The van der Waals surface area contributed by atoms with Crippen LogP contribution < -0.4 is 5.32 Å². The maximum atomic E-state index is 12.3. The summed E-state index contributed by atoms with van der Waals surface area (Å²) in [6, 6.07) is 11.5. The Labute approximate surface area is 129 Å². The van der Waals surface area contributed by atoms with E-state index in [4.69, 9.17) is 0 Å². The average molecular weight is 383 g/mol. The average Bonchev–Trinajstić information content (AvgIpc) is 2.33. The molecule has 1 amide bonds. The van der Waals surface area contributed by atoms with E-state index >= 15 is 0 Å². The van der Waals surface area contributed by atoms with Crippen LogP contribution in [-0.2, 0) is 0 Å². The quantitative estimate of drug-likeness (QED) is 0.770. The maximum Gasteiger partial charge on any atom is 0.256 e. The van der Waals surface area contributed by atoms with Gasteiger partial charge in [-0.1, -0.05) is 28.1 Å². The molecule has 0 fully saturated rings. The first-order valence-corrected chi connectivity index (χ1v) is 7.39. The van der Waals surface area contributed by atoms with Crippen LogP contribution in [0.15, 0.2) is 45.3 Å². The molecular formula is C15H13Br2NO. The molecular weight excluding hydrogens is 370 g/mol. The molecule has 0 spiro atoms. The molecule has 2 aromatic rings. The number of hydrogen-bond acceptors (Lipinski definition) is 1. The van der Waals surface area contributed by atoms with E-state index in [0.29, 0.717) is 5.56 Å². The van der Waals surface area contributed by atoms with Crippen LogP contribution in [0.1, 0.15) is 21.5 Å². The summed E-state index contributed by atoms with van der Waals surface area (Å²) in [5.41, 5.74) is 3.58. The predicted molar refractivity (Wildman–Crippen MR) is 85.7 cm³/mol. The van der Waals surface area contributed by atoms with E-state index in [1.165, 1.54) is 0 Å². The summed E-state index contributed by atoms with van der Waals surface area (Å²) in [5.74, 6) is -0.118. The standard InChI is InChI=1S/C15H13Br2NO/c1-9-3-6-12(13(17)7-9)15(19)18-14-8-11(16)5-4-10(14)2/h3-8H,1-2H3,(H,18,19). The normalized spacial score (nSPS) is 10.3. The Bertz CT molecular complexity index is 638. The highest BCUT2D eigenvalue weighted by Crippen LogP contribution is 2.23. The van der Waals surface area contributed by atoms with Gasteiger partial charge in [0.1, 0.15) is 0 Å². The van der Waals surface area contributed by atoms with E-state index in [-0.39, 0.29) is 5.91 Å². The highest BCUT2D eigenvalue weighted by atomic mass is 79.9. The fourth-order valence-electron chi connectivity index (χ4n) is 1.72. The number of carbonyl (C=O) groups excluding carboxylic acids is 1. The second-order valence-electron chi connectivity index (χ2n) is 4.40. The second-order valence-corrected chi connectivity index (χ2v) is 6.17. The Morgan fingerprint density at radius 3 is 2.47 bits per heavy atom. The third-order valence-electron chi connectivity index (χ3n) is 2.82. The molecule has 0 heterocycles. The van der Waals surface area contributed by atoms with E-state index in [1.807, 2.05) is 50.2 Å². The molecule has 0 unspecified atom stereocenters. The second kappa shape index (κ2) is 5.88. The number of hydrogen-bond donors (Lipinski definition) is 1. The van der Waals surface area contributed by atoms with Crippen molar-refractivity contribution in [3.8, 4) is 0 Å². The van der Waals surface area contributed by atoms with Crippen molar-refractivity contribution in [2.24, 2.45) is 0 Å². The minimum absolute atomic E-state index is 0.118. The van der Waals surface area contributed by atoms with Crippen LogP contribution in [0.4, 0.5) is 5.69 Å². The smallest absolute Gasteiger partial charge is 0.256 e. The van der Waals surface area contributed by atoms with Gasteiger partial charge in [0.25, 0.3) is 5.91 Å². The number of rotatable bonds is 2. The van der Waals surface area contributed by atoms with Crippen molar-refractivity contribution in [1.82, 2.24) is 0 Å². The van der Waals surface area contributed by atoms with Gasteiger partial charge in [-0.25, -0.2) is 0 Å². The number of carbonyl (C=O) groups is 1. The largest absolute Gasteiger partial charge is 0.322 e. The molecule has 0 aliphatic carbocycles. The lowest BCUT2D eigenvalue weighted by Crippen LogP contribution is -2.13. The Morgan fingerprint density at radius 1 is 1.05 bits per heavy atom.